The Bertz CT molecular complexity index is 1300. The summed E-state index contributed by atoms with van der Waals surface area (Å²) < 4.78 is 33.7. The minimum absolute atomic E-state index is 0.0776. The molecule has 0 aliphatic carbocycles. The lowest BCUT2D eigenvalue weighted by Crippen LogP contribution is -2.40. The average molecular weight is 480 g/mol. The summed E-state index contributed by atoms with van der Waals surface area (Å²) in [5, 5.41) is 4.16. The molecule has 1 N–H and O–H groups in total. The van der Waals surface area contributed by atoms with E-state index in [1.807, 2.05) is 51.1 Å². The van der Waals surface area contributed by atoms with Gasteiger partial charge in [-0.3, -0.25) is 9.10 Å². The standard InChI is InChI=1S/C26H29N3O4S/c1-18-6-11-22(12-7-18)21(4)27-28-26(30)17-29(24-16-20(3)10-15-25(24)33-5)34(31,32)23-13-8-19(2)9-14-23/h6-16H,17H2,1-5H3,(H,28,30)/b27-21-. The van der Waals surface area contributed by atoms with Crippen molar-refractivity contribution in [2.45, 2.75) is 32.6 Å². The van der Waals surface area contributed by atoms with Crippen molar-refractivity contribution in [1.29, 1.82) is 0 Å². The Morgan fingerprint density at radius 3 is 2.06 bits per heavy atom. The number of anilines is 1. The number of benzene rings is 3. The van der Waals surface area contributed by atoms with Crippen molar-refractivity contribution in [1.82, 2.24) is 5.43 Å². The molecule has 0 fully saturated rings. The van der Waals surface area contributed by atoms with Gasteiger partial charge in [0.1, 0.15) is 12.3 Å². The fraction of sp³-hybridized carbons (Fsp3) is 0.231. The van der Waals surface area contributed by atoms with Gasteiger partial charge in [-0.15, -0.1) is 0 Å². The zero-order valence-corrected chi connectivity index (χ0v) is 20.8. The van der Waals surface area contributed by atoms with Crippen LogP contribution in [0.15, 0.2) is 76.7 Å². The van der Waals surface area contributed by atoms with Crippen molar-refractivity contribution in [3.63, 3.8) is 0 Å². The van der Waals surface area contributed by atoms with Gasteiger partial charge in [-0.1, -0.05) is 53.6 Å². The van der Waals surface area contributed by atoms with Crippen LogP contribution in [-0.4, -0.2) is 33.7 Å². The Morgan fingerprint density at radius 2 is 1.47 bits per heavy atom. The number of amides is 1. The number of aryl methyl sites for hydroxylation is 3. The van der Waals surface area contributed by atoms with E-state index in [9.17, 15) is 13.2 Å². The molecule has 178 valence electrons. The fourth-order valence-electron chi connectivity index (χ4n) is 3.30. The van der Waals surface area contributed by atoms with Crippen molar-refractivity contribution in [3.05, 3.63) is 89.0 Å². The van der Waals surface area contributed by atoms with Gasteiger partial charge in [0.2, 0.25) is 0 Å². The van der Waals surface area contributed by atoms with Crippen LogP contribution in [0.4, 0.5) is 5.69 Å². The number of carbonyl (C=O) groups excluding carboxylic acids is 1. The highest BCUT2D eigenvalue weighted by atomic mass is 32.2. The van der Waals surface area contributed by atoms with E-state index in [4.69, 9.17) is 4.74 Å². The zero-order valence-electron chi connectivity index (χ0n) is 20.0. The molecule has 3 aromatic rings. The first-order chi connectivity index (χ1) is 16.1. The van der Waals surface area contributed by atoms with Crippen LogP contribution in [0, 0.1) is 20.8 Å². The lowest BCUT2D eigenvalue weighted by atomic mass is 10.1. The van der Waals surface area contributed by atoms with Crippen LogP contribution in [0.1, 0.15) is 29.2 Å². The number of nitrogens with one attached hydrogen (secondary N) is 1. The maximum atomic E-state index is 13.6. The number of ether oxygens (including phenoxy) is 1. The molecule has 7 nitrogen and oxygen atoms in total. The fourth-order valence-corrected chi connectivity index (χ4v) is 4.73. The molecular weight excluding hydrogens is 450 g/mol. The van der Waals surface area contributed by atoms with E-state index in [1.165, 1.54) is 19.2 Å². The first-order valence-corrected chi connectivity index (χ1v) is 12.2. The van der Waals surface area contributed by atoms with Crippen molar-refractivity contribution in [3.8, 4) is 5.75 Å². The molecule has 0 unspecified atom stereocenters. The molecule has 3 aromatic carbocycles. The highest BCUT2D eigenvalue weighted by Crippen LogP contribution is 2.33. The molecule has 3 rings (SSSR count). The van der Waals surface area contributed by atoms with Crippen LogP contribution in [0.25, 0.3) is 0 Å². The van der Waals surface area contributed by atoms with Gasteiger partial charge in [0.05, 0.1) is 23.4 Å². The molecule has 0 atom stereocenters. The molecule has 0 aromatic heterocycles. The van der Waals surface area contributed by atoms with Gasteiger partial charge in [0.15, 0.2) is 0 Å². The van der Waals surface area contributed by atoms with Gasteiger partial charge in [-0.05, 0) is 63.1 Å². The molecular formula is C26H29N3O4S. The van der Waals surface area contributed by atoms with E-state index >= 15 is 0 Å². The SMILES string of the molecule is COc1ccc(C)cc1N(CC(=O)N/N=C(/C)c1ccc(C)cc1)S(=O)(=O)c1ccc(C)cc1. The molecule has 0 radical (unpaired) electrons. The van der Waals surface area contributed by atoms with Gasteiger partial charge in [0.25, 0.3) is 15.9 Å². The second-order valence-corrected chi connectivity index (χ2v) is 9.96. The third-order valence-electron chi connectivity index (χ3n) is 5.32. The summed E-state index contributed by atoms with van der Waals surface area (Å²) in [5.41, 5.74) is 7.09. The number of hydrogen-bond acceptors (Lipinski definition) is 5. The van der Waals surface area contributed by atoms with E-state index in [0.29, 0.717) is 11.5 Å². The molecule has 8 heteroatoms. The van der Waals surface area contributed by atoms with E-state index < -0.39 is 22.5 Å². The van der Waals surface area contributed by atoms with Crippen molar-refractivity contribution in [2.75, 3.05) is 18.0 Å². The van der Waals surface area contributed by atoms with Crippen LogP contribution in [-0.2, 0) is 14.8 Å². The Labute approximate surface area is 201 Å². The molecule has 0 bridgehead atoms. The summed E-state index contributed by atoms with van der Waals surface area (Å²) in [7, 11) is -2.61. The Morgan fingerprint density at radius 1 is 0.912 bits per heavy atom. The zero-order chi connectivity index (χ0) is 24.9. The summed E-state index contributed by atoms with van der Waals surface area (Å²) in [5.74, 6) is -0.237. The van der Waals surface area contributed by atoms with Crippen LogP contribution in [0.3, 0.4) is 0 Å². The van der Waals surface area contributed by atoms with Gasteiger partial charge in [-0.2, -0.15) is 5.10 Å². The number of hydrazone groups is 1. The number of carbonyl (C=O) groups is 1. The summed E-state index contributed by atoms with van der Waals surface area (Å²) in [6, 6.07) is 19.4. The molecule has 1 amide bonds. The van der Waals surface area contributed by atoms with E-state index in [-0.39, 0.29) is 10.6 Å². The lowest BCUT2D eigenvalue weighted by Gasteiger charge is -2.25. The van der Waals surface area contributed by atoms with E-state index in [2.05, 4.69) is 10.5 Å². The highest BCUT2D eigenvalue weighted by molar-refractivity contribution is 7.92. The van der Waals surface area contributed by atoms with Crippen molar-refractivity contribution in [2.24, 2.45) is 5.10 Å². The second-order valence-electron chi connectivity index (χ2n) is 8.10. The van der Waals surface area contributed by atoms with Crippen LogP contribution < -0.4 is 14.5 Å². The predicted molar refractivity (Wildman–Crippen MR) is 135 cm³/mol. The number of nitrogens with zero attached hydrogens (tertiary/aromatic N) is 2. The second kappa shape index (κ2) is 10.5. The largest absolute Gasteiger partial charge is 0.495 e. The highest BCUT2D eigenvalue weighted by Gasteiger charge is 2.29. The molecule has 0 aliphatic heterocycles. The number of hydrogen-bond donors (Lipinski definition) is 1. The maximum absolute atomic E-state index is 13.6. The Kier molecular flexibility index (Phi) is 7.73. The van der Waals surface area contributed by atoms with Gasteiger partial charge in [0, 0.05) is 0 Å². The first-order valence-electron chi connectivity index (χ1n) is 10.8. The number of methoxy groups -OCH3 is 1. The molecule has 0 saturated heterocycles. The molecule has 0 aliphatic rings. The van der Waals surface area contributed by atoms with Crippen LogP contribution >= 0.6 is 0 Å². The third-order valence-corrected chi connectivity index (χ3v) is 7.09. The van der Waals surface area contributed by atoms with E-state index in [0.717, 1.165) is 26.6 Å². The number of sulfonamides is 1. The monoisotopic (exact) mass is 479 g/mol. The molecule has 0 spiro atoms. The smallest absolute Gasteiger partial charge is 0.264 e. The molecule has 34 heavy (non-hydrogen) atoms. The van der Waals surface area contributed by atoms with Crippen molar-refractivity contribution >= 4 is 27.3 Å². The maximum Gasteiger partial charge on any atom is 0.264 e. The lowest BCUT2D eigenvalue weighted by molar-refractivity contribution is -0.119. The molecule has 0 heterocycles. The quantitative estimate of drug-likeness (QED) is 0.384. The van der Waals surface area contributed by atoms with Crippen molar-refractivity contribution < 1.29 is 17.9 Å². The normalized spacial score (nSPS) is 11.7. The van der Waals surface area contributed by atoms with Gasteiger partial charge in [-0.25, -0.2) is 13.8 Å². The summed E-state index contributed by atoms with van der Waals surface area (Å²) in [6.45, 7) is 7.01. The van der Waals surface area contributed by atoms with E-state index in [1.54, 1.807) is 31.2 Å². The first kappa shape index (κ1) is 25.0. The summed E-state index contributed by atoms with van der Waals surface area (Å²) in [4.78, 5) is 12.9. The minimum atomic E-state index is -4.07. The number of rotatable bonds is 8. The topological polar surface area (TPSA) is 88.1 Å². The summed E-state index contributed by atoms with van der Waals surface area (Å²) in [6.07, 6.45) is 0. The Hall–Kier alpha value is -3.65. The molecule has 0 saturated carbocycles. The third kappa shape index (κ3) is 5.82. The van der Waals surface area contributed by atoms with Gasteiger partial charge >= 0.3 is 0 Å². The Balaban J connectivity index is 1.95. The van der Waals surface area contributed by atoms with Crippen LogP contribution in [0.2, 0.25) is 0 Å². The average Bonchev–Trinajstić information content (AvgIpc) is 2.81. The summed E-state index contributed by atoms with van der Waals surface area (Å²) >= 11 is 0. The van der Waals surface area contributed by atoms with Gasteiger partial charge < -0.3 is 4.74 Å². The van der Waals surface area contributed by atoms with Crippen LogP contribution in [0.5, 0.6) is 5.75 Å². The minimum Gasteiger partial charge on any atom is -0.495 e. The predicted octanol–water partition coefficient (Wildman–Crippen LogP) is 4.36.